The summed E-state index contributed by atoms with van der Waals surface area (Å²) in [7, 11) is 0. The predicted molar refractivity (Wildman–Crippen MR) is 58.8 cm³/mol. The van der Waals surface area contributed by atoms with E-state index in [9.17, 15) is 0 Å². The van der Waals surface area contributed by atoms with Crippen molar-refractivity contribution in [3.8, 4) is 5.92 Å². The van der Waals surface area contributed by atoms with E-state index in [0.29, 0.717) is 0 Å². The van der Waals surface area contributed by atoms with Crippen molar-refractivity contribution in [2.45, 2.75) is 6.54 Å². The maximum absolute atomic E-state index is 6.99. The lowest BCUT2D eigenvalue weighted by Crippen LogP contribution is -2.35. The Morgan fingerprint density at radius 3 is 2.47 bits per heavy atom. The molecule has 0 N–H and O–H groups in total. The third-order valence-corrected chi connectivity index (χ3v) is 2.61. The van der Waals surface area contributed by atoms with Gasteiger partial charge in [0.05, 0.1) is 13.2 Å². The Labute approximate surface area is 90.9 Å². The summed E-state index contributed by atoms with van der Waals surface area (Å²) >= 11 is 0. The molecule has 0 spiro atoms. The van der Waals surface area contributed by atoms with Gasteiger partial charge in [-0.15, -0.1) is 0 Å². The summed E-state index contributed by atoms with van der Waals surface area (Å²) in [5.74, 6) is 2.37. The Morgan fingerprint density at radius 1 is 1.20 bits per heavy atom. The SMILES string of the molecule is [C]#Cc1ccc(CN2CCOCC2)cc1. The van der Waals surface area contributed by atoms with Crippen molar-refractivity contribution in [1.29, 1.82) is 0 Å². The normalized spacial score (nSPS) is 17.3. The van der Waals surface area contributed by atoms with E-state index in [1.807, 2.05) is 12.1 Å². The molecule has 1 aliphatic rings. The number of nitrogens with zero attached hydrogens (tertiary/aromatic N) is 1. The second kappa shape index (κ2) is 4.97. The average Bonchev–Trinajstić information content (AvgIpc) is 2.31. The van der Waals surface area contributed by atoms with Crippen LogP contribution in [0.4, 0.5) is 0 Å². The highest BCUT2D eigenvalue weighted by molar-refractivity contribution is 5.32. The first-order chi connectivity index (χ1) is 7.38. The van der Waals surface area contributed by atoms with Crippen LogP contribution in [-0.2, 0) is 11.3 Å². The topological polar surface area (TPSA) is 12.5 Å². The van der Waals surface area contributed by atoms with Gasteiger partial charge < -0.3 is 4.74 Å². The third-order valence-electron chi connectivity index (χ3n) is 2.61. The van der Waals surface area contributed by atoms with Gasteiger partial charge in [0, 0.05) is 25.2 Å². The average molecular weight is 200 g/mol. The van der Waals surface area contributed by atoms with Gasteiger partial charge in [-0.2, -0.15) is 0 Å². The molecule has 77 valence electrons. The molecule has 1 fully saturated rings. The van der Waals surface area contributed by atoms with Crippen LogP contribution in [0.1, 0.15) is 11.1 Å². The molecule has 1 saturated heterocycles. The van der Waals surface area contributed by atoms with Crippen LogP contribution in [-0.4, -0.2) is 31.2 Å². The van der Waals surface area contributed by atoms with Crippen molar-refractivity contribution in [3.63, 3.8) is 0 Å². The monoisotopic (exact) mass is 200 g/mol. The Bertz CT molecular complexity index is 344. The zero-order chi connectivity index (χ0) is 10.5. The smallest absolute Gasteiger partial charge is 0.0594 e. The molecule has 0 aromatic heterocycles. The van der Waals surface area contributed by atoms with Crippen molar-refractivity contribution in [2.24, 2.45) is 0 Å². The Kier molecular flexibility index (Phi) is 3.39. The number of morpholine rings is 1. The predicted octanol–water partition coefficient (Wildman–Crippen LogP) is 1.46. The van der Waals surface area contributed by atoms with Gasteiger partial charge in [-0.05, 0) is 24.1 Å². The molecule has 1 aliphatic heterocycles. The molecule has 0 amide bonds. The molecule has 1 heterocycles. The fraction of sp³-hybridized carbons (Fsp3) is 0.385. The summed E-state index contributed by atoms with van der Waals surface area (Å²) in [5.41, 5.74) is 2.12. The molecule has 1 aromatic rings. The maximum Gasteiger partial charge on any atom is 0.0594 e. The molecule has 1 radical (unpaired) electrons. The fourth-order valence-corrected chi connectivity index (χ4v) is 1.71. The minimum Gasteiger partial charge on any atom is -0.379 e. The van der Waals surface area contributed by atoms with Crippen molar-refractivity contribution in [1.82, 2.24) is 4.90 Å². The number of rotatable bonds is 2. The highest BCUT2D eigenvalue weighted by atomic mass is 16.5. The largest absolute Gasteiger partial charge is 0.379 e. The summed E-state index contributed by atoms with van der Waals surface area (Å²) in [6.45, 7) is 4.68. The van der Waals surface area contributed by atoms with E-state index in [-0.39, 0.29) is 0 Å². The van der Waals surface area contributed by atoms with Crippen LogP contribution in [0.25, 0.3) is 0 Å². The van der Waals surface area contributed by atoms with E-state index in [1.165, 1.54) is 5.56 Å². The first-order valence-corrected chi connectivity index (χ1v) is 5.20. The molecule has 2 rings (SSSR count). The molecule has 2 nitrogen and oxygen atoms in total. The van der Waals surface area contributed by atoms with Crippen LogP contribution >= 0.6 is 0 Å². The van der Waals surface area contributed by atoms with E-state index in [2.05, 4.69) is 23.0 Å². The molecule has 1 aromatic carbocycles. The summed E-state index contributed by atoms with van der Waals surface area (Å²) in [6.07, 6.45) is 6.99. The molecule has 2 heteroatoms. The van der Waals surface area contributed by atoms with E-state index >= 15 is 0 Å². The van der Waals surface area contributed by atoms with Gasteiger partial charge in [0.15, 0.2) is 0 Å². The van der Waals surface area contributed by atoms with Crippen LogP contribution in [0.15, 0.2) is 24.3 Å². The van der Waals surface area contributed by atoms with Crippen molar-refractivity contribution in [3.05, 3.63) is 41.8 Å². The summed E-state index contributed by atoms with van der Waals surface area (Å²) in [5, 5.41) is 0. The minimum absolute atomic E-state index is 0.834. The Hall–Kier alpha value is -1.30. The highest BCUT2D eigenvalue weighted by Crippen LogP contribution is 2.08. The van der Waals surface area contributed by atoms with Crippen LogP contribution < -0.4 is 0 Å². The van der Waals surface area contributed by atoms with Crippen molar-refractivity contribution >= 4 is 0 Å². The molecule has 0 atom stereocenters. The molecule has 0 unspecified atom stereocenters. The zero-order valence-corrected chi connectivity index (χ0v) is 8.70. The van der Waals surface area contributed by atoms with Crippen LogP contribution in [0.5, 0.6) is 0 Å². The molecule has 0 bridgehead atoms. The van der Waals surface area contributed by atoms with Crippen LogP contribution in [0.2, 0.25) is 0 Å². The van der Waals surface area contributed by atoms with Gasteiger partial charge in [-0.1, -0.05) is 18.1 Å². The van der Waals surface area contributed by atoms with Gasteiger partial charge in [0.25, 0.3) is 0 Å². The van der Waals surface area contributed by atoms with Gasteiger partial charge in [-0.3, -0.25) is 4.90 Å². The van der Waals surface area contributed by atoms with Gasteiger partial charge in [0.2, 0.25) is 0 Å². The third kappa shape index (κ3) is 2.82. The van der Waals surface area contributed by atoms with E-state index in [1.54, 1.807) is 0 Å². The quantitative estimate of drug-likeness (QED) is 0.670. The lowest BCUT2D eigenvalue weighted by Gasteiger charge is -2.26. The molecule has 0 aliphatic carbocycles. The van der Waals surface area contributed by atoms with E-state index in [4.69, 9.17) is 11.2 Å². The molecule has 15 heavy (non-hydrogen) atoms. The number of hydrogen-bond acceptors (Lipinski definition) is 2. The number of hydrogen-bond donors (Lipinski definition) is 0. The minimum atomic E-state index is 0.834. The van der Waals surface area contributed by atoms with Gasteiger partial charge in [0.1, 0.15) is 0 Å². The molecule has 0 saturated carbocycles. The van der Waals surface area contributed by atoms with E-state index < -0.39 is 0 Å². The van der Waals surface area contributed by atoms with Crippen molar-refractivity contribution in [2.75, 3.05) is 26.3 Å². The fourth-order valence-electron chi connectivity index (χ4n) is 1.71. The summed E-state index contributed by atoms with van der Waals surface area (Å²) < 4.78 is 5.30. The summed E-state index contributed by atoms with van der Waals surface area (Å²) in [6, 6.07) is 7.99. The number of benzene rings is 1. The lowest BCUT2D eigenvalue weighted by atomic mass is 10.1. The van der Waals surface area contributed by atoms with Crippen LogP contribution in [0, 0.1) is 12.3 Å². The first-order valence-electron chi connectivity index (χ1n) is 5.20. The zero-order valence-electron chi connectivity index (χ0n) is 8.70. The van der Waals surface area contributed by atoms with Gasteiger partial charge in [-0.25, -0.2) is 0 Å². The lowest BCUT2D eigenvalue weighted by molar-refractivity contribution is 0.0342. The van der Waals surface area contributed by atoms with Crippen molar-refractivity contribution < 1.29 is 4.74 Å². The number of ether oxygens (including phenoxy) is 1. The van der Waals surface area contributed by atoms with Crippen LogP contribution in [0.3, 0.4) is 0 Å². The van der Waals surface area contributed by atoms with Gasteiger partial charge >= 0.3 is 0 Å². The maximum atomic E-state index is 6.99. The Balaban J connectivity index is 1.95. The molecular formula is C13H14NO. The van der Waals surface area contributed by atoms with E-state index in [0.717, 1.165) is 38.4 Å². The highest BCUT2D eigenvalue weighted by Gasteiger charge is 2.09. The molecular weight excluding hydrogens is 186 g/mol. The summed E-state index contributed by atoms with van der Waals surface area (Å²) in [4.78, 5) is 2.38. The first kappa shape index (κ1) is 10.2. The second-order valence-electron chi connectivity index (χ2n) is 3.71. The Morgan fingerprint density at radius 2 is 1.87 bits per heavy atom. The standard InChI is InChI=1S/C13H14NO/c1-2-12-3-5-13(6-4-12)11-14-7-9-15-10-8-14/h3-6H,7-11H2. The second-order valence-corrected chi connectivity index (χ2v) is 3.71.